The quantitative estimate of drug-likeness (QED) is 0.632. The lowest BCUT2D eigenvalue weighted by Gasteiger charge is -2.08. The molecular formula is C14H10BrCl2NO2. The third kappa shape index (κ3) is 2.92. The van der Waals surface area contributed by atoms with Crippen LogP contribution >= 0.6 is 39.1 Å². The first-order valence-corrected chi connectivity index (χ1v) is 7.11. The van der Waals surface area contributed by atoms with Gasteiger partial charge in [0.05, 0.1) is 27.3 Å². The molecule has 6 heteroatoms. The molecule has 0 spiro atoms. The van der Waals surface area contributed by atoms with Crippen molar-refractivity contribution in [2.75, 3.05) is 12.8 Å². The number of rotatable bonds is 3. The van der Waals surface area contributed by atoms with Gasteiger partial charge in [-0.25, -0.2) is 0 Å². The van der Waals surface area contributed by atoms with E-state index in [1.807, 2.05) is 0 Å². The van der Waals surface area contributed by atoms with Crippen molar-refractivity contribution in [1.82, 2.24) is 0 Å². The van der Waals surface area contributed by atoms with Gasteiger partial charge in [0, 0.05) is 11.1 Å². The molecule has 0 aliphatic rings. The van der Waals surface area contributed by atoms with Crippen LogP contribution in [0.3, 0.4) is 0 Å². The highest BCUT2D eigenvalue weighted by molar-refractivity contribution is 9.10. The van der Waals surface area contributed by atoms with E-state index >= 15 is 0 Å². The second kappa shape index (κ2) is 6.04. The average molecular weight is 375 g/mol. The minimum Gasteiger partial charge on any atom is -0.496 e. The molecule has 0 heterocycles. The third-order valence-corrected chi connectivity index (χ3v) is 4.17. The fourth-order valence-corrected chi connectivity index (χ4v) is 2.59. The number of hydrogen-bond acceptors (Lipinski definition) is 3. The van der Waals surface area contributed by atoms with E-state index in [1.54, 1.807) is 25.3 Å². The van der Waals surface area contributed by atoms with Gasteiger partial charge in [0.1, 0.15) is 5.75 Å². The fraction of sp³-hybridized carbons (Fsp3) is 0.0714. The highest BCUT2D eigenvalue weighted by Crippen LogP contribution is 2.31. The summed E-state index contributed by atoms with van der Waals surface area (Å²) in [4.78, 5) is 12.4. The summed E-state index contributed by atoms with van der Waals surface area (Å²) in [5.74, 6) is 0.453. The number of ether oxygens (including phenoxy) is 1. The highest BCUT2D eigenvalue weighted by Gasteiger charge is 2.14. The summed E-state index contributed by atoms with van der Waals surface area (Å²) in [6, 6.07) is 8.07. The molecular weight excluding hydrogens is 365 g/mol. The van der Waals surface area contributed by atoms with Crippen molar-refractivity contribution in [3.8, 4) is 5.75 Å². The Morgan fingerprint density at radius 3 is 2.45 bits per heavy atom. The number of halogens is 3. The topological polar surface area (TPSA) is 52.3 Å². The Morgan fingerprint density at radius 2 is 1.90 bits per heavy atom. The second-order valence-corrected chi connectivity index (χ2v) is 5.68. The molecule has 0 aliphatic heterocycles. The summed E-state index contributed by atoms with van der Waals surface area (Å²) < 4.78 is 5.82. The number of carbonyl (C=O) groups is 1. The molecule has 104 valence electrons. The summed E-state index contributed by atoms with van der Waals surface area (Å²) in [7, 11) is 1.56. The van der Waals surface area contributed by atoms with E-state index < -0.39 is 0 Å². The van der Waals surface area contributed by atoms with E-state index in [9.17, 15) is 4.79 Å². The van der Waals surface area contributed by atoms with Crippen LogP contribution in [-0.2, 0) is 0 Å². The van der Waals surface area contributed by atoms with Crippen molar-refractivity contribution in [1.29, 1.82) is 0 Å². The van der Waals surface area contributed by atoms with Crippen molar-refractivity contribution in [2.24, 2.45) is 0 Å². The largest absolute Gasteiger partial charge is 0.496 e. The molecule has 0 saturated carbocycles. The van der Waals surface area contributed by atoms with Gasteiger partial charge >= 0.3 is 0 Å². The number of methoxy groups -OCH3 is 1. The van der Waals surface area contributed by atoms with E-state index in [0.717, 1.165) is 0 Å². The van der Waals surface area contributed by atoms with Gasteiger partial charge in [-0.3, -0.25) is 4.79 Å². The first-order chi connectivity index (χ1) is 9.43. The van der Waals surface area contributed by atoms with Crippen molar-refractivity contribution in [3.63, 3.8) is 0 Å². The second-order valence-electron chi connectivity index (χ2n) is 4.04. The SMILES string of the molecule is COc1ccc(C(=O)c2cc(N)c(Cl)c(Cl)c2)cc1Br. The molecule has 0 atom stereocenters. The van der Waals surface area contributed by atoms with Gasteiger partial charge in [-0.1, -0.05) is 23.2 Å². The Balaban J connectivity index is 2.44. The Labute approximate surface area is 134 Å². The summed E-state index contributed by atoms with van der Waals surface area (Å²) >= 11 is 15.1. The van der Waals surface area contributed by atoms with Gasteiger partial charge in [0.25, 0.3) is 0 Å². The molecule has 0 amide bonds. The van der Waals surface area contributed by atoms with Crippen LogP contribution in [0.15, 0.2) is 34.8 Å². The lowest BCUT2D eigenvalue weighted by atomic mass is 10.0. The molecule has 2 aromatic carbocycles. The Kier molecular flexibility index (Phi) is 4.58. The van der Waals surface area contributed by atoms with E-state index in [-0.39, 0.29) is 21.5 Å². The zero-order valence-electron chi connectivity index (χ0n) is 10.4. The van der Waals surface area contributed by atoms with Crippen molar-refractivity contribution < 1.29 is 9.53 Å². The molecule has 3 nitrogen and oxygen atoms in total. The van der Waals surface area contributed by atoms with Gasteiger partial charge in [-0.15, -0.1) is 0 Å². The van der Waals surface area contributed by atoms with Gasteiger partial charge in [0.2, 0.25) is 0 Å². The number of ketones is 1. The number of nitrogen functional groups attached to an aromatic ring is 1. The molecule has 0 aromatic heterocycles. The molecule has 0 fully saturated rings. The lowest BCUT2D eigenvalue weighted by molar-refractivity contribution is 0.103. The maximum absolute atomic E-state index is 12.4. The van der Waals surface area contributed by atoms with Crippen LogP contribution in [0.25, 0.3) is 0 Å². The molecule has 0 radical (unpaired) electrons. The molecule has 2 aromatic rings. The van der Waals surface area contributed by atoms with Crippen molar-refractivity contribution in [3.05, 3.63) is 56.0 Å². The van der Waals surface area contributed by atoms with Crippen LogP contribution < -0.4 is 10.5 Å². The van der Waals surface area contributed by atoms with Gasteiger partial charge in [0.15, 0.2) is 5.78 Å². The standard InChI is InChI=1S/C14H10BrCl2NO2/c1-20-12-3-2-7(4-9(12)15)14(19)8-5-10(16)13(17)11(18)6-8/h2-6H,18H2,1H3. The molecule has 0 saturated heterocycles. The van der Waals surface area contributed by atoms with Gasteiger partial charge in [-0.05, 0) is 46.3 Å². The average Bonchev–Trinajstić information content (AvgIpc) is 2.43. The number of hydrogen-bond donors (Lipinski definition) is 1. The van der Waals surface area contributed by atoms with Crippen LogP contribution in [0, 0.1) is 0 Å². The summed E-state index contributed by atoms with van der Waals surface area (Å²) in [5.41, 5.74) is 6.87. The Hall–Kier alpha value is -1.23. The molecule has 0 unspecified atom stereocenters. The number of benzene rings is 2. The van der Waals surface area contributed by atoms with E-state index in [1.165, 1.54) is 12.1 Å². The fourth-order valence-electron chi connectivity index (χ4n) is 1.72. The van der Waals surface area contributed by atoms with Crippen molar-refractivity contribution >= 4 is 50.6 Å². The molecule has 2 rings (SSSR count). The predicted octanol–water partition coefficient (Wildman–Crippen LogP) is 4.58. The number of nitrogens with two attached hydrogens (primary N) is 1. The van der Waals surface area contributed by atoms with E-state index in [2.05, 4.69) is 15.9 Å². The zero-order chi connectivity index (χ0) is 14.9. The predicted molar refractivity (Wildman–Crippen MR) is 85.0 cm³/mol. The van der Waals surface area contributed by atoms with E-state index in [4.69, 9.17) is 33.7 Å². The molecule has 2 N–H and O–H groups in total. The minimum atomic E-state index is -0.196. The first kappa shape index (κ1) is 15.2. The monoisotopic (exact) mass is 373 g/mol. The van der Waals surface area contributed by atoms with Gasteiger partial charge < -0.3 is 10.5 Å². The van der Waals surface area contributed by atoms with Crippen LogP contribution in [0.2, 0.25) is 10.0 Å². The Morgan fingerprint density at radius 1 is 1.20 bits per heavy atom. The van der Waals surface area contributed by atoms with Gasteiger partial charge in [-0.2, -0.15) is 0 Å². The van der Waals surface area contributed by atoms with E-state index in [0.29, 0.717) is 21.3 Å². The molecule has 20 heavy (non-hydrogen) atoms. The smallest absolute Gasteiger partial charge is 0.193 e. The summed E-state index contributed by atoms with van der Waals surface area (Å²) in [6.07, 6.45) is 0. The number of carbonyl (C=O) groups excluding carboxylic acids is 1. The maximum atomic E-state index is 12.4. The highest BCUT2D eigenvalue weighted by atomic mass is 79.9. The van der Waals surface area contributed by atoms with Crippen LogP contribution in [0.4, 0.5) is 5.69 Å². The van der Waals surface area contributed by atoms with Crippen LogP contribution in [0.5, 0.6) is 5.75 Å². The number of anilines is 1. The van der Waals surface area contributed by atoms with Crippen LogP contribution in [-0.4, -0.2) is 12.9 Å². The summed E-state index contributed by atoms with van der Waals surface area (Å²) in [6.45, 7) is 0. The minimum absolute atomic E-state index is 0.196. The zero-order valence-corrected chi connectivity index (χ0v) is 13.5. The normalized spacial score (nSPS) is 10.4. The maximum Gasteiger partial charge on any atom is 0.193 e. The summed E-state index contributed by atoms with van der Waals surface area (Å²) in [5, 5.41) is 0.502. The molecule has 0 bridgehead atoms. The first-order valence-electron chi connectivity index (χ1n) is 5.56. The van der Waals surface area contributed by atoms with Crippen molar-refractivity contribution in [2.45, 2.75) is 0 Å². The Bertz CT molecular complexity index is 666. The lowest BCUT2D eigenvalue weighted by Crippen LogP contribution is -2.03. The third-order valence-electron chi connectivity index (χ3n) is 2.73. The van der Waals surface area contributed by atoms with Crippen LogP contribution in [0.1, 0.15) is 15.9 Å². The molecule has 0 aliphatic carbocycles.